The van der Waals surface area contributed by atoms with Crippen molar-refractivity contribution in [2.45, 2.75) is 17.7 Å². The molecular formula is C21H23N5O3S. The Morgan fingerprint density at radius 2 is 1.90 bits per heavy atom. The first-order valence-corrected chi connectivity index (χ1v) is 11.0. The summed E-state index contributed by atoms with van der Waals surface area (Å²) in [5, 5.41) is 5.17. The van der Waals surface area contributed by atoms with Gasteiger partial charge in [0, 0.05) is 43.2 Å². The highest BCUT2D eigenvalue weighted by Gasteiger charge is 2.17. The summed E-state index contributed by atoms with van der Waals surface area (Å²) in [4.78, 5) is 7.99. The van der Waals surface area contributed by atoms with Gasteiger partial charge in [0.2, 0.25) is 10.0 Å². The Balaban J connectivity index is 1.55. The van der Waals surface area contributed by atoms with Crippen LogP contribution in [-0.4, -0.2) is 48.5 Å². The number of H-pyrrole nitrogens is 1. The number of sulfonamides is 1. The van der Waals surface area contributed by atoms with E-state index >= 15 is 0 Å². The zero-order valence-electron chi connectivity index (χ0n) is 16.8. The van der Waals surface area contributed by atoms with Crippen molar-refractivity contribution in [3.05, 3.63) is 65.6 Å². The van der Waals surface area contributed by atoms with Crippen LogP contribution in [0.2, 0.25) is 0 Å². The molecule has 2 aromatic heterocycles. The van der Waals surface area contributed by atoms with Gasteiger partial charge in [0.1, 0.15) is 0 Å². The number of aromatic amines is 1. The van der Waals surface area contributed by atoms with Crippen LogP contribution in [0, 0.1) is 0 Å². The number of nitrogens with one attached hydrogen (secondary N) is 1. The van der Waals surface area contributed by atoms with E-state index in [9.17, 15) is 8.42 Å². The van der Waals surface area contributed by atoms with Crippen LogP contribution in [0.25, 0.3) is 22.4 Å². The molecule has 9 heteroatoms. The zero-order valence-corrected chi connectivity index (χ0v) is 17.6. The van der Waals surface area contributed by atoms with E-state index in [0.29, 0.717) is 24.7 Å². The molecule has 4 aromatic rings. The second-order valence-electron chi connectivity index (χ2n) is 7.24. The molecule has 2 aromatic carbocycles. The predicted molar refractivity (Wildman–Crippen MR) is 114 cm³/mol. The van der Waals surface area contributed by atoms with Crippen LogP contribution in [0.15, 0.2) is 58.1 Å². The SMILES string of the molecule is CN(C)S(=O)(=O)c1ccc(Cc2noc(-c3ccc4[nH]cc(CCN)c4c3)n2)cc1. The summed E-state index contributed by atoms with van der Waals surface area (Å²) in [5.74, 6) is 0.975. The molecule has 0 atom stereocenters. The lowest BCUT2D eigenvalue weighted by atomic mass is 10.1. The fraction of sp³-hybridized carbons (Fsp3) is 0.238. The van der Waals surface area contributed by atoms with Crippen molar-refractivity contribution < 1.29 is 12.9 Å². The lowest BCUT2D eigenvalue weighted by Crippen LogP contribution is -2.22. The second-order valence-corrected chi connectivity index (χ2v) is 9.39. The van der Waals surface area contributed by atoms with E-state index in [1.807, 2.05) is 24.4 Å². The Morgan fingerprint density at radius 3 is 2.60 bits per heavy atom. The number of aromatic nitrogens is 3. The van der Waals surface area contributed by atoms with Gasteiger partial charge < -0.3 is 15.2 Å². The van der Waals surface area contributed by atoms with Crippen molar-refractivity contribution in [2.75, 3.05) is 20.6 Å². The van der Waals surface area contributed by atoms with Crippen LogP contribution in [0.5, 0.6) is 0 Å². The summed E-state index contributed by atoms with van der Waals surface area (Å²) in [5.41, 5.74) is 9.62. The molecule has 0 fully saturated rings. The number of nitrogens with two attached hydrogens (primary N) is 1. The van der Waals surface area contributed by atoms with E-state index in [-0.39, 0.29) is 4.90 Å². The molecule has 8 nitrogen and oxygen atoms in total. The van der Waals surface area contributed by atoms with Crippen LogP contribution >= 0.6 is 0 Å². The highest BCUT2D eigenvalue weighted by molar-refractivity contribution is 7.89. The molecule has 0 aliphatic rings. The Hall–Kier alpha value is -3.01. The molecule has 0 saturated carbocycles. The molecule has 0 spiro atoms. The number of rotatable bonds is 7. The molecule has 0 unspecified atom stereocenters. The van der Waals surface area contributed by atoms with E-state index < -0.39 is 10.0 Å². The molecule has 3 N–H and O–H groups in total. The normalized spacial score (nSPS) is 12.1. The summed E-state index contributed by atoms with van der Waals surface area (Å²) in [7, 11) is -0.431. The fourth-order valence-electron chi connectivity index (χ4n) is 3.29. The van der Waals surface area contributed by atoms with Crippen molar-refractivity contribution in [3.63, 3.8) is 0 Å². The van der Waals surface area contributed by atoms with Crippen LogP contribution in [0.3, 0.4) is 0 Å². The highest BCUT2D eigenvalue weighted by Crippen LogP contribution is 2.26. The second kappa shape index (κ2) is 8.02. The topological polar surface area (TPSA) is 118 Å². The molecule has 0 aliphatic carbocycles. The first-order valence-electron chi connectivity index (χ1n) is 9.53. The zero-order chi connectivity index (χ0) is 21.3. The van der Waals surface area contributed by atoms with Gasteiger partial charge in [0.25, 0.3) is 5.89 Å². The average molecular weight is 426 g/mol. The fourth-order valence-corrected chi connectivity index (χ4v) is 4.19. The summed E-state index contributed by atoms with van der Waals surface area (Å²) < 4.78 is 31.0. The van der Waals surface area contributed by atoms with Gasteiger partial charge in [0.05, 0.1) is 4.90 Å². The number of hydrogen-bond donors (Lipinski definition) is 2. The van der Waals surface area contributed by atoms with E-state index in [4.69, 9.17) is 10.3 Å². The number of benzene rings is 2. The van der Waals surface area contributed by atoms with Gasteiger partial charge in [-0.25, -0.2) is 12.7 Å². The van der Waals surface area contributed by atoms with Gasteiger partial charge in [-0.3, -0.25) is 0 Å². The minimum absolute atomic E-state index is 0.248. The van der Waals surface area contributed by atoms with Crippen LogP contribution in [0.4, 0.5) is 0 Å². The monoisotopic (exact) mass is 425 g/mol. The molecule has 0 radical (unpaired) electrons. The lowest BCUT2D eigenvalue weighted by molar-refractivity contribution is 0.424. The summed E-state index contributed by atoms with van der Waals surface area (Å²) in [6.07, 6.45) is 3.20. The van der Waals surface area contributed by atoms with Crippen molar-refractivity contribution >= 4 is 20.9 Å². The lowest BCUT2D eigenvalue weighted by Gasteiger charge is -2.11. The molecule has 0 saturated heterocycles. The highest BCUT2D eigenvalue weighted by atomic mass is 32.2. The first-order chi connectivity index (χ1) is 14.4. The van der Waals surface area contributed by atoms with Crippen LogP contribution in [-0.2, 0) is 22.9 Å². The molecule has 0 aliphatic heterocycles. The Labute approximate surface area is 174 Å². The molecule has 2 heterocycles. The maximum Gasteiger partial charge on any atom is 0.257 e. The number of hydrogen-bond acceptors (Lipinski definition) is 6. The molecular weight excluding hydrogens is 402 g/mol. The van der Waals surface area contributed by atoms with Gasteiger partial charge in [0.15, 0.2) is 5.82 Å². The molecule has 30 heavy (non-hydrogen) atoms. The maximum absolute atomic E-state index is 12.2. The third-order valence-corrected chi connectivity index (χ3v) is 6.79. The van der Waals surface area contributed by atoms with E-state index in [1.54, 1.807) is 24.3 Å². The minimum Gasteiger partial charge on any atom is -0.361 e. The maximum atomic E-state index is 12.2. The Kier molecular flexibility index (Phi) is 5.42. The van der Waals surface area contributed by atoms with E-state index in [2.05, 4.69) is 15.1 Å². The quantitative estimate of drug-likeness (QED) is 0.470. The molecule has 0 amide bonds. The third kappa shape index (κ3) is 3.87. The van der Waals surface area contributed by atoms with Gasteiger partial charge in [-0.2, -0.15) is 4.98 Å². The third-order valence-electron chi connectivity index (χ3n) is 4.96. The largest absolute Gasteiger partial charge is 0.361 e. The summed E-state index contributed by atoms with van der Waals surface area (Å²) in [6.45, 7) is 0.580. The van der Waals surface area contributed by atoms with Gasteiger partial charge in [-0.1, -0.05) is 17.3 Å². The standard InChI is InChI=1S/C21H23N5O3S/c1-26(2)30(27,28)17-6-3-14(4-7-17)11-20-24-21(29-25-20)15-5-8-19-18(12-15)16(9-10-22)13-23-19/h3-8,12-13,23H,9-11,22H2,1-2H3. The smallest absolute Gasteiger partial charge is 0.257 e. The van der Waals surface area contributed by atoms with Gasteiger partial charge in [-0.15, -0.1) is 0 Å². The van der Waals surface area contributed by atoms with E-state index in [0.717, 1.165) is 34.0 Å². The van der Waals surface area contributed by atoms with Crippen LogP contribution in [0.1, 0.15) is 17.0 Å². The number of fused-ring (bicyclic) bond motifs is 1. The molecule has 156 valence electrons. The Bertz CT molecular complexity index is 1270. The minimum atomic E-state index is -3.45. The van der Waals surface area contributed by atoms with Gasteiger partial charge >= 0.3 is 0 Å². The van der Waals surface area contributed by atoms with Crippen molar-refractivity contribution in [3.8, 4) is 11.5 Å². The number of nitrogens with zero attached hydrogens (tertiary/aromatic N) is 3. The van der Waals surface area contributed by atoms with Gasteiger partial charge in [-0.05, 0) is 54.4 Å². The van der Waals surface area contributed by atoms with E-state index in [1.165, 1.54) is 18.4 Å². The van der Waals surface area contributed by atoms with Crippen molar-refractivity contribution in [2.24, 2.45) is 5.73 Å². The first kappa shape index (κ1) is 20.3. The van der Waals surface area contributed by atoms with Crippen LogP contribution < -0.4 is 5.73 Å². The van der Waals surface area contributed by atoms with Crippen molar-refractivity contribution in [1.29, 1.82) is 0 Å². The summed E-state index contributed by atoms with van der Waals surface area (Å²) in [6, 6.07) is 12.6. The summed E-state index contributed by atoms with van der Waals surface area (Å²) >= 11 is 0. The Morgan fingerprint density at radius 1 is 1.13 bits per heavy atom. The molecule has 4 rings (SSSR count). The average Bonchev–Trinajstić information content (AvgIpc) is 3.35. The molecule has 0 bridgehead atoms. The predicted octanol–water partition coefficient (Wildman–Crippen LogP) is 2.56. The van der Waals surface area contributed by atoms with Crippen molar-refractivity contribution in [1.82, 2.24) is 19.4 Å².